The largest absolute Gasteiger partial charge is 0.491 e. The number of hydrogen-bond acceptors (Lipinski definition) is 3. The summed E-state index contributed by atoms with van der Waals surface area (Å²) >= 11 is 9.36. The summed E-state index contributed by atoms with van der Waals surface area (Å²) in [7, 11) is 0. The van der Waals surface area contributed by atoms with E-state index in [4.69, 9.17) is 16.3 Å². The Kier molecular flexibility index (Phi) is 5.91. The standard InChI is InChI=1S/C16H17BrClNO2/c1-11-7-15(5-6-16(11)18)21-10-14(20)9-19-13-4-2-3-12(17)8-13/h2-8,14,19-20H,9-10H2,1H3. The molecular formula is C16H17BrClNO2. The molecule has 0 aliphatic carbocycles. The van der Waals surface area contributed by atoms with Crippen molar-refractivity contribution in [3.05, 3.63) is 57.5 Å². The molecule has 0 aromatic heterocycles. The van der Waals surface area contributed by atoms with Gasteiger partial charge in [0.05, 0.1) is 0 Å². The zero-order chi connectivity index (χ0) is 15.2. The molecule has 0 saturated carbocycles. The monoisotopic (exact) mass is 369 g/mol. The van der Waals surface area contributed by atoms with E-state index in [0.717, 1.165) is 15.7 Å². The maximum absolute atomic E-state index is 9.94. The van der Waals surface area contributed by atoms with E-state index >= 15 is 0 Å². The van der Waals surface area contributed by atoms with Crippen molar-refractivity contribution in [3.63, 3.8) is 0 Å². The van der Waals surface area contributed by atoms with Crippen LogP contribution in [-0.4, -0.2) is 24.4 Å². The Labute approximate surface area is 138 Å². The minimum Gasteiger partial charge on any atom is -0.491 e. The molecule has 2 aromatic carbocycles. The summed E-state index contributed by atoms with van der Waals surface area (Å²) < 4.78 is 6.55. The highest BCUT2D eigenvalue weighted by Crippen LogP contribution is 2.21. The van der Waals surface area contributed by atoms with Crippen LogP contribution in [0, 0.1) is 6.92 Å². The highest BCUT2D eigenvalue weighted by atomic mass is 79.9. The van der Waals surface area contributed by atoms with Gasteiger partial charge in [0.15, 0.2) is 0 Å². The van der Waals surface area contributed by atoms with E-state index in [1.807, 2.05) is 37.3 Å². The average Bonchev–Trinajstić information content (AvgIpc) is 2.46. The molecule has 1 unspecified atom stereocenters. The molecule has 0 heterocycles. The first kappa shape index (κ1) is 16.1. The van der Waals surface area contributed by atoms with Gasteiger partial charge in [-0.1, -0.05) is 33.6 Å². The lowest BCUT2D eigenvalue weighted by atomic mass is 10.2. The quantitative estimate of drug-likeness (QED) is 0.798. The predicted molar refractivity (Wildman–Crippen MR) is 90.3 cm³/mol. The van der Waals surface area contributed by atoms with Gasteiger partial charge in [-0.05, 0) is 48.9 Å². The average molecular weight is 371 g/mol. The number of hydrogen-bond donors (Lipinski definition) is 2. The lowest BCUT2D eigenvalue weighted by molar-refractivity contribution is 0.117. The van der Waals surface area contributed by atoms with Gasteiger partial charge in [0.2, 0.25) is 0 Å². The number of ether oxygens (including phenoxy) is 1. The lowest BCUT2D eigenvalue weighted by Crippen LogP contribution is -2.26. The second-order valence-corrected chi connectivity index (χ2v) is 6.09. The number of rotatable bonds is 6. The third-order valence-corrected chi connectivity index (χ3v) is 3.86. The van der Waals surface area contributed by atoms with Crippen molar-refractivity contribution < 1.29 is 9.84 Å². The number of aliphatic hydroxyl groups excluding tert-OH is 1. The summed E-state index contributed by atoms with van der Waals surface area (Å²) in [6, 6.07) is 13.2. The molecule has 21 heavy (non-hydrogen) atoms. The van der Waals surface area contributed by atoms with Crippen LogP contribution in [0.25, 0.3) is 0 Å². The fraction of sp³-hybridized carbons (Fsp3) is 0.250. The fourth-order valence-electron chi connectivity index (χ4n) is 1.79. The van der Waals surface area contributed by atoms with Crippen molar-refractivity contribution in [1.82, 2.24) is 0 Å². The number of nitrogens with one attached hydrogen (secondary N) is 1. The van der Waals surface area contributed by atoms with Gasteiger partial charge in [-0.25, -0.2) is 0 Å². The molecule has 0 radical (unpaired) electrons. The van der Waals surface area contributed by atoms with E-state index < -0.39 is 6.10 Å². The van der Waals surface area contributed by atoms with Crippen LogP contribution >= 0.6 is 27.5 Å². The van der Waals surface area contributed by atoms with Crippen LogP contribution in [-0.2, 0) is 0 Å². The Morgan fingerprint density at radius 2 is 2.10 bits per heavy atom. The maximum Gasteiger partial charge on any atom is 0.119 e. The molecule has 0 amide bonds. The van der Waals surface area contributed by atoms with Crippen LogP contribution < -0.4 is 10.1 Å². The molecule has 3 nitrogen and oxygen atoms in total. The van der Waals surface area contributed by atoms with E-state index in [-0.39, 0.29) is 6.61 Å². The number of benzene rings is 2. The summed E-state index contributed by atoms with van der Waals surface area (Å²) in [6.07, 6.45) is -0.597. The number of aliphatic hydroxyl groups is 1. The smallest absolute Gasteiger partial charge is 0.119 e. The van der Waals surface area contributed by atoms with E-state index in [2.05, 4.69) is 21.2 Å². The predicted octanol–water partition coefficient (Wildman–Crippen LogP) is 4.26. The molecule has 2 rings (SSSR count). The first-order valence-electron chi connectivity index (χ1n) is 6.61. The molecule has 0 saturated heterocycles. The highest BCUT2D eigenvalue weighted by Gasteiger charge is 2.06. The van der Waals surface area contributed by atoms with Gasteiger partial charge in [-0.15, -0.1) is 0 Å². The minimum atomic E-state index is -0.597. The second kappa shape index (κ2) is 7.69. The topological polar surface area (TPSA) is 41.5 Å². The van der Waals surface area contributed by atoms with E-state index in [0.29, 0.717) is 17.3 Å². The van der Waals surface area contributed by atoms with Gasteiger partial charge in [-0.3, -0.25) is 0 Å². The second-order valence-electron chi connectivity index (χ2n) is 4.77. The summed E-state index contributed by atoms with van der Waals surface area (Å²) in [4.78, 5) is 0. The Morgan fingerprint density at radius 1 is 1.29 bits per heavy atom. The molecule has 1 atom stereocenters. The molecule has 0 aliphatic heterocycles. The molecule has 112 valence electrons. The zero-order valence-corrected chi connectivity index (χ0v) is 14.0. The van der Waals surface area contributed by atoms with Crippen molar-refractivity contribution in [2.24, 2.45) is 0 Å². The van der Waals surface area contributed by atoms with Crippen LogP contribution in [0.5, 0.6) is 5.75 Å². The summed E-state index contributed by atoms with van der Waals surface area (Å²) in [5, 5.41) is 13.8. The van der Waals surface area contributed by atoms with Gasteiger partial charge in [-0.2, -0.15) is 0 Å². The molecule has 0 fully saturated rings. The number of anilines is 1. The third kappa shape index (κ3) is 5.23. The minimum absolute atomic E-state index is 0.224. The van der Waals surface area contributed by atoms with Crippen LogP contribution in [0.2, 0.25) is 5.02 Å². The Hall–Kier alpha value is -1.23. The Balaban J connectivity index is 1.79. The number of aryl methyl sites for hydroxylation is 1. The Bertz CT molecular complexity index is 607. The van der Waals surface area contributed by atoms with Crippen LogP contribution in [0.3, 0.4) is 0 Å². The summed E-state index contributed by atoms with van der Waals surface area (Å²) in [6.45, 7) is 2.56. The first-order valence-corrected chi connectivity index (χ1v) is 7.78. The molecule has 0 spiro atoms. The SMILES string of the molecule is Cc1cc(OCC(O)CNc2cccc(Br)c2)ccc1Cl. The first-order chi connectivity index (χ1) is 10.0. The van der Waals surface area contributed by atoms with Crippen molar-refractivity contribution in [1.29, 1.82) is 0 Å². The van der Waals surface area contributed by atoms with Crippen molar-refractivity contribution in [2.45, 2.75) is 13.0 Å². The van der Waals surface area contributed by atoms with Crippen molar-refractivity contribution >= 4 is 33.2 Å². The van der Waals surface area contributed by atoms with Crippen molar-refractivity contribution in [3.8, 4) is 5.75 Å². The third-order valence-electron chi connectivity index (χ3n) is 2.94. The fourth-order valence-corrected chi connectivity index (χ4v) is 2.31. The molecule has 2 aromatic rings. The maximum atomic E-state index is 9.94. The Morgan fingerprint density at radius 3 is 2.81 bits per heavy atom. The zero-order valence-electron chi connectivity index (χ0n) is 11.6. The van der Waals surface area contributed by atoms with E-state index in [1.54, 1.807) is 12.1 Å². The van der Waals surface area contributed by atoms with Gasteiger partial charge >= 0.3 is 0 Å². The molecular weight excluding hydrogens is 354 g/mol. The van der Waals surface area contributed by atoms with Crippen LogP contribution in [0.4, 0.5) is 5.69 Å². The normalized spacial score (nSPS) is 12.0. The molecule has 5 heteroatoms. The molecule has 0 aliphatic rings. The molecule has 2 N–H and O–H groups in total. The van der Waals surface area contributed by atoms with Crippen LogP contribution in [0.1, 0.15) is 5.56 Å². The summed E-state index contributed by atoms with van der Waals surface area (Å²) in [5.41, 5.74) is 1.90. The molecule has 0 bridgehead atoms. The van der Waals surface area contributed by atoms with Gasteiger partial charge in [0.25, 0.3) is 0 Å². The number of halogens is 2. The van der Waals surface area contributed by atoms with Gasteiger partial charge in [0.1, 0.15) is 18.5 Å². The van der Waals surface area contributed by atoms with Gasteiger partial charge < -0.3 is 15.2 Å². The summed E-state index contributed by atoms with van der Waals surface area (Å²) in [5.74, 6) is 0.707. The van der Waals surface area contributed by atoms with Crippen LogP contribution in [0.15, 0.2) is 46.9 Å². The van der Waals surface area contributed by atoms with E-state index in [1.165, 1.54) is 0 Å². The van der Waals surface area contributed by atoms with Crippen molar-refractivity contribution in [2.75, 3.05) is 18.5 Å². The highest BCUT2D eigenvalue weighted by molar-refractivity contribution is 9.10. The van der Waals surface area contributed by atoms with E-state index in [9.17, 15) is 5.11 Å². The lowest BCUT2D eigenvalue weighted by Gasteiger charge is -2.14. The van der Waals surface area contributed by atoms with Gasteiger partial charge in [0, 0.05) is 21.7 Å².